The van der Waals surface area contributed by atoms with Crippen LogP contribution < -0.4 is 4.74 Å². The van der Waals surface area contributed by atoms with Crippen LogP contribution in [-0.4, -0.2) is 17.6 Å². The maximum absolute atomic E-state index is 12.7. The van der Waals surface area contributed by atoms with E-state index in [4.69, 9.17) is 4.74 Å². The van der Waals surface area contributed by atoms with Crippen molar-refractivity contribution in [1.82, 2.24) is 4.57 Å². The van der Waals surface area contributed by atoms with Crippen molar-refractivity contribution in [2.24, 2.45) is 0 Å². The van der Waals surface area contributed by atoms with Gasteiger partial charge in [-0.15, -0.1) is 0 Å². The van der Waals surface area contributed by atoms with E-state index in [2.05, 4.69) is 6.07 Å². The monoisotopic (exact) mass is 276 g/mol. The second kappa shape index (κ2) is 5.14. The number of ether oxygens (including phenoxy) is 1. The lowest BCUT2D eigenvalue weighted by molar-refractivity contribution is 0.0964. The number of nitriles is 1. The van der Waals surface area contributed by atoms with Crippen LogP contribution in [0.2, 0.25) is 0 Å². The number of fused-ring (bicyclic) bond motifs is 1. The van der Waals surface area contributed by atoms with E-state index in [1.807, 2.05) is 24.3 Å². The summed E-state index contributed by atoms with van der Waals surface area (Å²) < 4.78 is 6.64. The standard InChI is InChI=1S/C17H12N2O2/c1-21-14-6-4-5-12(9-14)17(20)19-11-13(10-18)15-7-2-3-8-16(15)19/h2-9,11H,1H3. The van der Waals surface area contributed by atoms with Crippen LogP contribution in [0.4, 0.5) is 0 Å². The van der Waals surface area contributed by atoms with Gasteiger partial charge < -0.3 is 4.74 Å². The van der Waals surface area contributed by atoms with E-state index in [9.17, 15) is 10.1 Å². The zero-order valence-electron chi connectivity index (χ0n) is 11.4. The summed E-state index contributed by atoms with van der Waals surface area (Å²) >= 11 is 0. The van der Waals surface area contributed by atoms with Crippen molar-refractivity contribution in [3.63, 3.8) is 0 Å². The van der Waals surface area contributed by atoms with E-state index < -0.39 is 0 Å². The average molecular weight is 276 g/mol. The molecule has 0 spiro atoms. The zero-order valence-corrected chi connectivity index (χ0v) is 11.4. The quantitative estimate of drug-likeness (QED) is 0.722. The Bertz CT molecular complexity index is 872. The fraction of sp³-hybridized carbons (Fsp3) is 0.0588. The molecule has 2 aromatic carbocycles. The van der Waals surface area contributed by atoms with Crippen molar-refractivity contribution < 1.29 is 9.53 Å². The van der Waals surface area contributed by atoms with Gasteiger partial charge in [-0.2, -0.15) is 5.26 Å². The Hall–Kier alpha value is -3.06. The molecule has 3 aromatic rings. The molecular weight excluding hydrogens is 264 g/mol. The number of aromatic nitrogens is 1. The smallest absolute Gasteiger partial charge is 0.262 e. The highest BCUT2D eigenvalue weighted by molar-refractivity contribution is 6.03. The van der Waals surface area contributed by atoms with Crippen molar-refractivity contribution in [2.75, 3.05) is 7.11 Å². The molecule has 1 aromatic heterocycles. The van der Waals surface area contributed by atoms with Crippen LogP contribution in [0.15, 0.2) is 54.7 Å². The summed E-state index contributed by atoms with van der Waals surface area (Å²) in [6.07, 6.45) is 1.58. The second-order valence-corrected chi connectivity index (χ2v) is 4.58. The summed E-state index contributed by atoms with van der Waals surface area (Å²) in [7, 11) is 1.56. The minimum atomic E-state index is -0.188. The van der Waals surface area contributed by atoms with Crippen LogP contribution >= 0.6 is 0 Å². The van der Waals surface area contributed by atoms with Crippen LogP contribution in [0.1, 0.15) is 15.9 Å². The van der Waals surface area contributed by atoms with E-state index in [-0.39, 0.29) is 5.91 Å². The Labute approximate surface area is 121 Å². The predicted molar refractivity (Wildman–Crippen MR) is 79.4 cm³/mol. The number of para-hydroxylation sites is 1. The van der Waals surface area contributed by atoms with Gasteiger partial charge in [0.25, 0.3) is 5.91 Å². The molecule has 0 bridgehead atoms. The van der Waals surface area contributed by atoms with Crippen LogP contribution in [0.5, 0.6) is 5.75 Å². The first-order valence-corrected chi connectivity index (χ1v) is 6.43. The number of rotatable bonds is 2. The third-order valence-corrected chi connectivity index (χ3v) is 3.37. The fourth-order valence-electron chi connectivity index (χ4n) is 2.33. The second-order valence-electron chi connectivity index (χ2n) is 4.58. The molecule has 0 aliphatic heterocycles. The lowest BCUT2D eigenvalue weighted by Gasteiger charge is -2.06. The highest BCUT2D eigenvalue weighted by Crippen LogP contribution is 2.22. The Morgan fingerprint density at radius 1 is 1.19 bits per heavy atom. The number of hydrogen-bond donors (Lipinski definition) is 0. The first kappa shape index (κ1) is 12.9. The highest BCUT2D eigenvalue weighted by atomic mass is 16.5. The summed E-state index contributed by atoms with van der Waals surface area (Å²) in [4.78, 5) is 12.7. The maximum Gasteiger partial charge on any atom is 0.262 e. The Kier molecular flexibility index (Phi) is 3.17. The lowest BCUT2D eigenvalue weighted by atomic mass is 10.2. The summed E-state index contributed by atoms with van der Waals surface area (Å²) in [5, 5.41) is 9.96. The third kappa shape index (κ3) is 2.15. The molecule has 4 nitrogen and oxygen atoms in total. The molecule has 0 fully saturated rings. The molecule has 0 atom stereocenters. The maximum atomic E-state index is 12.7. The molecule has 0 amide bonds. The number of carbonyl (C=O) groups is 1. The van der Waals surface area contributed by atoms with Crippen molar-refractivity contribution >= 4 is 16.8 Å². The summed E-state index contributed by atoms with van der Waals surface area (Å²) in [6.45, 7) is 0. The molecule has 0 N–H and O–H groups in total. The van der Waals surface area contributed by atoms with Crippen LogP contribution in [0, 0.1) is 11.3 Å². The molecule has 0 unspecified atom stereocenters. The first-order chi connectivity index (χ1) is 10.2. The number of carbonyl (C=O) groups excluding carboxylic acids is 1. The van der Waals surface area contributed by atoms with E-state index in [0.29, 0.717) is 16.9 Å². The summed E-state index contributed by atoms with van der Waals surface area (Å²) in [5.41, 5.74) is 1.73. The van der Waals surface area contributed by atoms with Gasteiger partial charge in [-0.05, 0) is 24.3 Å². The van der Waals surface area contributed by atoms with Crippen molar-refractivity contribution in [3.05, 3.63) is 65.9 Å². The Balaban J connectivity index is 2.16. The molecule has 0 saturated heterocycles. The Morgan fingerprint density at radius 2 is 2.00 bits per heavy atom. The largest absolute Gasteiger partial charge is 0.497 e. The average Bonchev–Trinajstić information content (AvgIpc) is 2.93. The third-order valence-electron chi connectivity index (χ3n) is 3.37. The van der Waals surface area contributed by atoms with Gasteiger partial charge in [0, 0.05) is 17.1 Å². The van der Waals surface area contributed by atoms with Gasteiger partial charge >= 0.3 is 0 Å². The van der Waals surface area contributed by atoms with Crippen LogP contribution in [0.25, 0.3) is 10.9 Å². The molecule has 21 heavy (non-hydrogen) atoms. The molecule has 4 heteroatoms. The van der Waals surface area contributed by atoms with E-state index in [1.54, 1.807) is 37.6 Å². The summed E-state index contributed by atoms with van der Waals surface area (Å²) in [6, 6.07) is 16.4. The van der Waals surface area contributed by atoms with Crippen LogP contribution in [-0.2, 0) is 0 Å². The molecule has 0 aliphatic carbocycles. The van der Waals surface area contributed by atoms with Crippen molar-refractivity contribution in [1.29, 1.82) is 5.26 Å². The van der Waals surface area contributed by atoms with E-state index >= 15 is 0 Å². The minimum Gasteiger partial charge on any atom is -0.497 e. The Morgan fingerprint density at radius 3 is 2.76 bits per heavy atom. The molecule has 0 radical (unpaired) electrons. The topological polar surface area (TPSA) is 55.0 Å². The van der Waals surface area contributed by atoms with Gasteiger partial charge in [0.1, 0.15) is 11.8 Å². The van der Waals surface area contributed by atoms with Crippen molar-refractivity contribution in [2.45, 2.75) is 0 Å². The van der Waals surface area contributed by atoms with Gasteiger partial charge in [-0.1, -0.05) is 24.3 Å². The fourth-order valence-corrected chi connectivity index (χ4v) is 2.33. The molecule has 1 heterocycles. The number of methoxy groups -OCH3 is 1. The van der Waals surface area contributed by atoms with E-state index in [1.165, 1.54) is 4.57 Å². The lowest BCUT2D eigenvalue weighted by Crippen LogP contribution is -2.10. The van der Waals surface area contributed by atoms with Crippen molar-refractivity contribution in [3.8, 4) is 11.8 Å². The molecule has 0 aliphatic rings. The predicted octanol–water partition coefficient (Wildman–Crippen LogP) is 3.21. The molecule has 3 rings (SSSR count). The molecule has 102 valence electrons. The van der Waals surface area contributed by atoms with Gasteiger partial charge in [0.05, 0.1) is 18.2 Å². The highest BCUT2D eigenvalue weighted by Gasteiger charge is 2.15. The number of benzene rings is 2. The minimum absolute atomic E-state index is 0.188. The molecule has 0 saturated carbocycles. The van der Waals surface area contributed by atoms with Gasteiger partial charge in [0.15, 0.2) is 0 Å². The van der Waals surface area contributed by atoms with Gasteiger partial charge in [0.2, 0.25) is 0 Å². The summed E-state index contributed by atoms with van der Waals surface area (Å²) in [5.74, 6) is 0.435. The molecular formula is C17H12N2O2. The van der Waals surface area contributed by atoms with E-state index in [0.717, 1.165) is 10.9 Å². The van der Waals surface area contributed by atoms with Gasteiger partial charge in [-0.25, -0.2) is 0 Å². The first-order valence-electron chi connectivity index (χ1n) is 6.43. The SMILES string of the molecule is COc1cccc(C(=O)n2cc(C#N)c3ccccc32)c1. The number of hydrogen-bond acceptors (Lipinski definition) is 3. The normalized spacial score (nSPS) is 10.3. The number of nitrogens with zero attached hydrogens (tertiary/aromatic N) is 2. The van der Waals surface area contributed by atoms with Crippen LogP contribution in [0.3, 0.4) is 0 Å². The zero-order chi connectivity index (χ0) is 14.8. The van der Waals surface area contributed by atoms with Gasteiger partial charge in [-0.3, -0.25) is 9.36 Å².